The second-order valence-corrected chi connectivity index (χ2v) is 11.4. The second-order valence-electron chi connectivity index (χ2n) is 9.07. The maximum Gasteiger partial charge on any atom is 0.264 e. The Balaban J connectivity index is 1.99. The number of anilines is 1. The van der Waals surface area contributed by atoms with Crippen LogP contribution in [-0.2, 0) is 26.2 Å². The van der Waals surface area contributed by atoms with Crippen LogP contribution in [0, 0.1) is 6.92 Å². The maximum absolute atomic E-state index is 13.9. The van der Waals surface area contributed by atoms with E-state index in [1.54, 1.807) is 49.4 Å². The number of sulfonamides is 1. The standard InChI is InChI=1S/C29H34ClN3O4S/c1-4-5-19-31-29(35)23(3)32(20-24-12-10-9-11-22(24)2)28(34)21-33(26-17-15-25(30)16-18-26)38(36,37)27-13-7-6-8-14-27/h6-18,23H,4-5,19-21H2,1-3H3,(H,31,35). The number of hydrogen-bond acceptors (Lipinski definition) is 4. The van der Waals surface area contributed by atoms with E-state index in [0.717, 1.165) is 28.3 Å². The zero-order chi connectivity index (χ0) is 27.7. The van der Waals surface area contributed by atoms with Crippen LogP contribution in [0.15, 0.2) is 83.8 Å². The van der Waals surface area contributed by atoms with Gasteiger partial charge in [-0.3, -0.25) is 13.9 Å². The molecule has 202 valence electrons. The predicted molar refractivity (Wildman–Crippen MR) is 152 cm³/mol. The number of aryl methyl sites for hydroxylation is 1. The van der Waals surface area contributed by atoms with Gasteiger partial charge >= 0.3 is 0 Å². The van der Waals surface area contributed by atoms with E-state index in [9.17, 15) is 18.0 Å². The van der Waals surface area contributed by atoms with Gasteiger partial charge in [-0.2, -0.15) is 0 Å². The average molecular weight is 556 g/mol. The summed E-state index contributed by atoms with van der Waals surface area (Å²) in [5.41, 5.74) is 2.14. The quantitative estimate of drug-likeness (QED) is 0.312. The van der Waals surface area contributed by atoms with Crippen LogP contribution in [0.25, 0.3) is 0 Å². The summed E-state index contributed by atoms with van der Waals surface area (Å²) < 4.78 is 28.5. The van der Waals surface area contributed by atoms with Crippen LogP contribution in [-0.4, -0.2) is 44.3 Å². The summed E-state index contributed by atoms with van der Waals surface area (Å²) in [6.45, 7) is 5.80. The molecule has 0 aliphatic heterocycles. The number of carbonyl (C=O) groups is 2. The molecule has 2 amide bonds. The van der Waals surface area contributed by atoms with Crippen LogP contribution in [0.1, 0.15) is 37.8 Å². The van der Waals surface area contributed by atoms with Gasteiger partial charge in [0.05, 0.1) is 10.6 Å². The Labute approximate surface area is 230 Å². The van der Waals surface area contributed by atoms with Crippen LogP contribution in [0.3, 0.4) is 0 Å². The maximum atomic E-state index is 13.9. The third-order valence-electron chi connectivity index (χ3n) is 6.32. The summed E-state index contributed by atoms with van der Waals surface area (Å²) in [6, 6.07) is 21.0. The summed E-state index contributed by atoms with van der Waals surface area (Å²) in [6.07, 6.45) is 1.75. The smallest absolute Gasteiger partial charge is 0.264 e. The van der Waals surface area contributed by atoms with Crippen molar-refractivity contribution >= 4 is 39.1 Å². The molecule has 1 unspecified atom stereocenters. The topological polar surface area (TPSA) is 86.8 Å². The van der Waals surface area contributed by atoms with Crippen molar-refractivity contribution in [2.24, 2.45) is 0 Å². The lowest BCUT2D eigenvalue weighted by atomic mass is 10.1. The van der Waals surface area contributed by atoms with Gasteiger partial charge in [0.2, 0.25) is 11.8 Å². The van der Waals surface area contributed by atoms with Crippen molar-refractivity contribution in [2.45, 2.75) is 51.1 Å². The van der Waals surface area contributed by atoms with Crippen LogP contribution >= 0.6 is 11.6 Å². The van der Waals surface area contributed by atoms with Crippen molar-refractivity contribution in [2.75, 3.05) is 17.4 Å². The molecule has 0 heterocycles. The normalized spacial score (nSPS) is 12.0. The molecule has 0 radical (unpaired) electrons. The number of hydrogen-bond donors (Lipinski definition) is 1. The van der Waals surface area contributed by atoms with Gasteiger partial charge in [-0.05, 0) is 67.8 Å². The third-order valence-corrected chi connectivity index (χ3v) is 8.36. The number of nitrogens with zero attached hydrogens (tertiary/aromatic N) is 2. The van der Waals surface area contributed by atoms with Crippen molar-refractivity contribution in [3.05, 3.63) is 95.0 Å². The molecule has 0 aromatic heterocycles. The molecule has 3 aromatic rings. The first-order valence-corrected chi connectivity index (χ1v) is 14.4. The van der Waals surface area contributed by atoms with E-state index in [4.69, 9.17) is 11.6 Å². The summed E-state index contributed by atoms with van der Waals surface area (Å²) in [7, 11) is -4.10. The number of rotatable bonds is 12. The largest absolute Gasteiger partial charge is 0.354 e. The van der Waals surface area contributed by atoms with Gasteiger partial charge in [0.15, 0.2) is 0 Å². The van der Waals surface area contributed by atoms with Crippen molar-refractivity contribution in [3.8, 4) is 0 Å². The molecule has 0 aliphatic carbocycles. The Kier molecular flexibility index (Phi) is 10.3. The summed E-state index contributed by atoms with van der Waals surface area (Å²) >= 11 is 6.05. The number of benzene rings is 3. The van der Waals surface area contributed by atoms with Gasteiger partial charge in [0, 0.05) is 18.1 Å². The van der Waals surface area contributed by atoms with Gasteiger partial charge in [-0.15, -0.1) is 0 Å². The molecular formula is C29H34ClN3O4S. The lowest BCUT2D eigenvalue weighted by molar-refractivity contribution is -0.139. The van der Waals surface area contributed by atoms with E-state index in [2.05, 4.69) is 5.32 Å². The molecule has 0 saturated carbocycles. The highest BCUT2D eigenvalue weighted by atomic mass is 35.5. The van der Waals surface area contributed by atoms with Crippen LogP contribution in [0.4, 0.5) is 5.69 Å². The third kappa shape index (κ3) is 7.36. The molecule has 0 fully saturated rings. The minimum Gasteiger partial charge on any atom is -0.354 e. The number of unbranched alkanes of at least 4 members (excludes halogenated alkanes) is 1. The highest BCUT2D eigenvalue weighted by Crippen LogP contribution is 2.26. The molecule has 3 aromatic carbocycles. The molecule has 0 aliphatic rings. The molecule has 0 saturated heterocycles. The van der Waals surface area contributed by atoms with E-state index in [-0.39, 0.29) is 17.3 Å². The Morgan fingerprint density at radius 1 is 0.947 bits per heavy atom. The highest BCUT2D eigenvalue weighted by Gasteiger charge is 2.32. The van der Waals surface area contributed by atoms with Crippen LogP contribution < -0.4 is 9.62 Å². The number of halogens is 1. The zero-order valence-corrected chi connectivity index (χ0v) is 23.5. The van der Waals surface area contributed by atoms with Crippen LogP contribution in [0.2, 0.25) is 5.02 Å². The first-order chi connectivity index (χ1) is 18.1. The molecule has 0 bridgehead atoms. The van der Waals surface area contributed by atoms with E-state index in [1.807, 2.05) is 38.1 Å². The van der Waals surface area contributed by atoms with Gasteiger partial charge in [-0.1, -0.05) is 67.4 Å². The van der Waals surface area contributed by atoms with Gasteiger partial charge < -0.3 is 10.2 Å². The number of carbonyl (C=O) groups excluding carboxylic acids is 2. The molecule has 1 atom stereocenters. The Hall–Kier alpha value is -3.36. The van der Waals surface area contributed by atoms with Crippen molar-refractivity contribution in [1.29, 1.82) is 0 Å². The fourth-order valence-corrected chi connectivity index (χ4v) is 5.51. The highest BCUT2D eigenvalue weighted by molar-refractivity contribution is 7.92. The van der Waals surface area contributed by atoms with E-state index in [0.29, 0.717) is 17.3 Å². The average Bonchev–Trinajstić information content (AvgIpc) is 2.92. The molecule has 7 nitrogen and oxygen atoms in total. The summed E-state index contributed by atoms with van der Waals surface area (Å²) in [5.74, 6) is -0.787. The fourth-order valence-electron chi connectivity index (χ4n) is 3.95. The Bertz CT molecular complexity index is 1330. The lowest BCUT2D eigenvalue weighted by Gasteiger charge is -2.32. The number of nitrogens with one attached hydrogen (secondary N) is 1. The van der Waals surface area contributed by atoms with Gasteiger partial charge in [-0.25, -0.2) is 8.42 Å². The van der Waals surface area contributed by atoms with Gasteiger partial charge in [0.25, 0.3) is 10.0 Å². The minimum atomic E-state index is -4.10. The SMILES string of the molecule is CCCCNC(=O)C(C)N(Cc1ccccc1C)C(=O)CN(c1ccc(Cl)cc1)S(=O)(=O)c1ccccc1. The summed E-state index contributed by atoms with van der Waals surface area (Å²) in [4.78, 5) is 28.4. The van der Waals surface area contributed by atoms with Crippen molar-refractivity contribution < 1.29 is 18.0 Å². The van der Waals surface area contributed by atoms with E-state index in [1.165, 1.54) is 17.0 Å². The number of amides is 2. The first-order valence-electron chi connectivity index (χ1n) is 12.6. The van der Waals surface area contributed by atoms with Gasteiger partial charge in [0.1, 0.15) is 12.6 Å². The molecular weight excluding hydrogens is 522 g/mol. The molecule has 3 rings (SSSR count). The molecule has 0 spiro atoms. The lowest BCUT2D eigenvalue weighted by Crippen LogP contribution is -2.51. The van der Waals surface area contributed by atoms with Crippen molar-refractivity contribution in [3.63, 3.8) is 0 Å². The zero-order valence-electron chi connectivity index (χ0n) is 21.9. The van der Waals surface area contributed by atoms with E-state index >= 15 is 0 Å². The Morgan fingerprint density at radius 2 is 1.58 bits per heavy atom. The van der Waals surface area contributed by atoms with Crippen molar-refractivity contribution in [1.82, 2.24) is 10.2 Å². The summed E-state index contributed by atoms with van der Waals surface area (Å²) in [5, 5.41) is 3.33. The fraction of sp³-hybridized carbons (Fsp3) is 0.310. The first kappa shape index (κ1) is 29.2. The Morgan fingerprint density at radius 3 is 2.21 bits per heavy atom. The second kappa shape index (κ2) is 13.4. The van der Waals surface area contributed by atoms with Crippen LogP contribution in [0.5, 0.6) is 0 Å². The molecule has 38 heavy (non-hydrogen) atoms. The van der Waals surface area contributed by atoms with E-state index < -0.39 is 28.5 Å². The monoisotopic (exact) mass is 555 g/mol. The molecule has 1 N–H and O–H groups in total. The minimum absolute atomic E-state index is 0.0542. The predicted octanol–water partition coefficient (Wildman–Crippen LogP) is 5.18. The molecule has 9 heteroatoms.